The number of nitrogens with one attached hydrogen (secondary N) is 2. The lowest BCUT2D eigenvalue weighted by Crippen LogP contribution is -2.65. The minimum Gasteiger partial charge on any atom is -0.457 e. The maximum Gasteiger partial charge on any atom is 0.338 e. The summed E-state index contributed by atoms with van der Waals surface area (Å²) in [5.41, 5.74) is 12.1. The Hall–Kier alpha value is -2.16. The summed E-state index contributed by atoms with van der Waals surface area (Å²) in [7, 11) is 0. The van der Waals surface area contributed by atoms with Crippen LogP contribution in [0.15, 0.2) is 35.3 Å². The van der Waals surface area contributed by atoms with Gasteiger partial charge in [-0.25, -0.2) is 4.79 Å². The van der Waals surface area contributed by atoms with Gasteiger partial charge in [0.2, 0.25) is 0 Å². The van der Waals surface area contributed by atoms with Crippen molar-refractivity contribution in [2.24, 2.45) is 16.5 Å². The number of nitrogens with zero attached hydrogens (tertiary/aromatic N) is 2. The third-order valence-corrected chi connectivity index (χ3v) is 4.76. The van der Waals surface area contributed by atoms with Crippen LogP contribution in [-0.2, 0) is 4.74 Å². The highest BCUT2D eigenvalue weighted by Gasteiger charge is 2.58. The van der Waals surface area contributed by atoms with Gasteiger partial charge in [-0.05, 0) is 12.1 Å². The highest BCUT2D eigenvalue weighted by Crippen LogP contribution is 2.37. The first-order valence-corrected chi connectivity index (χ1v) is 7.71. The highest BCUT2D eigenvalue weighted by atomic mass is 16.5. The molecule has 4 rings (SSSR count). The van der Waals surface area contributed by atoms with Crippen molar-refractivity contribution in [2.75, 3.05) is 13.1 Å². The Morgan fingerprint density at radius 3 is 2.96 bits per heavy atom. The average Bonchev–Trinajstić information content (AvgIpc) is 3.06. The first-order valence-electron chi connectivity index (χ1n) is 7.71. The molecule has 3 unspecified atom stereocenters. The largest absolute Gasteiger partial charge is 0.457 e. The maximum absolute atomic E-state index is 12.3. The molecule has 0 saturated carbocycles. The van der Waals surface area contributed by atoms with Crippen molar-refractivity contribution < 1.29 is 9.53 Å². The van der Waals surface area contributed by atoms with Gasteiger partial charge in [-0.3, -0.25) is 15.6 Å². The lowest BCUT2D eigenvalue weighted by molar-refractivity contribution is 0.0323. The van der Waals surface area contributed by atoms with Crippen molar-refractivity contribution >= 4 is 11.9 Å². The molecule has 1 spiro atoms. The number of rotatable bonds is 2. The molecule has 23 heavy (non-hydrogen) atoms. The van der Waals surface area contributed by atoms with Crippen LogP contribution in [-0.4, -0.2) is 54.0 Å². The molecule has 3 heterocycles. The molecule has 6 N–H and O–H groups in total. The number of hydrogen-bond donors (Lipinski definition) is 4. The smallest absolute Gasteiger partial charge is 0.338 e. The van der Waals surface area contributed by atoms with Gasteiger partial charge in [-0.1, -0.05) is 18.2 Å². The number of aliphatic imine (C=N–C) groups is 1. The fraction of sp³-hybridized carbons (Fsp3) is 0.467. The normalized spacial score (nSPS) is 35.4. The molecule has 4 atom stereocenters. The molecule has 2 fully saturated rings. The van der Waals surface area contributed by atoms with E-state index in [4.69, 9.17) is 16.2 Å². The van der Waals surface area contributed by atoms with Crippen molar-refractivity contribution in [2.45, 2.75) is 30.5 Å². The molecule has 2 saturated heterocycles. The molecular formula is C15H20N6O2. The number of benzene rings is 1. The molecule has 0 aromatic heterocycles. The topological polar surface area (TPSA) is 118 Å². The monoisotopic (exact) mass is 316 g/mol. The highest BCUT2D eigenvalue weighted by molar-refractivity contribution is 5.89. The molecular weight excluding hydrogens is 296 g/mol. The number of esters is 1. The first-order chi connectivity index (χ1) is 11.1. The van der Waals surface area contributed by atoms with Crippen LogP contribution in [0.2, 0.25) is 0 Å². The van der Waals surface area contributed by atoms with Gasteiger partial charge in [-0.15, -0.1) is 0 Å². The quantitative estimate of drug-likeness (QED) is 0.503. The molecule has 8 nitrogen and oxygen atoms in total. The van der Waals surface area contributed by atoms with Gasteiger partial charge in [0, 0.05) is 6.42 Å². The molecule has 0 bridgehead atoms. The summed E-state index contributed by atoms with van der Waals surface area (Å²) in [5.74, 6) is 0.136. The van der Waals surface area contributed by atoms with Crippen LogP contribution in [0, 0.1) is 0 Å². The van der Waals surface area contributed by atoms with E-state index in [0.29, 0.717) is 31.0 Å². The van der Waals surface area contributed by atoms with Crippen LogP contribution in [0.1, 0.15) is 16.8 Å². The van der Waals surface area contributed by atoms with E-state index in [1.54, 1.807) is 12.1 Å². The summed E-state index contributed by atoms with van der Waals surface area (Å²) >= 11 is 0. The zero-order chi connectivity index (χ0) is 16.0. The van der Waals surface area contributed by atoms with E-state index in [2.05, 4.69) is 15.6 Å². The number of hydrogen-bond acceptors (Lipinski definition) is 8. The standard InChI is InChI=1S/C15H20N6O2/c16-13-19-11-7-18-14(17)21-8-10(6-15(11,21)20-13)23-12(22)9-4-2-1-3-5-9/h1-5,10-11,13,19-20H,6-8,16H2,(H2,17,18)/t10-,11?,13?,15?/m1/s1. The average molecular weight is 316 g/mol. The number of carbonyl (C=O) groups excluding carboxylic acids is 1. The lowest BCUT2D eigenvalue weighted by atomic mass is 9.97. The van der Waals surface area contributed by atoms with Gasteiger partial charge < -0.3 is 21.1 Å². The number of ether oxygens (including phenoxy) is 1. The van der Waals surface area contributed by atoms with E-state index in [1.807, 2.05) is 23.1 Å². The van der Waals surface area contributed by atoms with E-state index in [1.165, 1.54) is 0 Å². The molecule has 122 valence electrons. The van der Waals surface area contributed by atoms with Crippen molar-refractivity contribution in [1.29, 1.82) is 0 Å². The Morgan fingerprint density at radius 2 is 2.17 bits per heavy atom. The summed E-state index contributed by atoms with van der Waals surface area (Å²) in [5, 5.41) is 6.61. The third kappa shape index (κ3) is 2.26. The molecule has 3 aliphatic heterocycles. The zero-order valence-corrected chi connectivity index (χ0v) is 12.6. The number of guanidine groups is 1. The first kappa shape index (κ1) is 14.4. The minimum absolute atomic E-state index is 0.0465. The van der Waals surface area contributed by atoms with E-state index in [0.717, 1.165) is 0 Å². The summed E-state index contributed by atoms with van der Waals surface area (Å²) < 4.78 is 5.68. The molecule has 1 aromatic carbocycles. The van der Waals surface area contributed by atoms with E-state index in [9.17, 15) is 4.79 Å². The van der Waals surface area contributed by atoms with Gasteiger partial charge in [0.25, 0.3) is 0 Å². The lowest BCUT2D eigenvalue weighted by Gasteiger charge is -2.42. The Labute approximate surface area is 133 Å². The van der Waals surface area contributed by atoms with E-state index in [-0.39, 0.29) is 24.4 Å². The van der Waals surface area contributed by atoms with Crippen LogP contribution in [0.4, 0.5) is 0 Å². The van der Waals surface area contributed by atoms with Crippen LogP contribution in [0.5, 0.6) is 0 Å². The molecule has 0 radical (unpaired) electrons. The van der Waals surface area contributed by atoms with Crippen LogP contribution >= 0.6 is 0 Å². The Bertz CT molecular complexity index is 651. The van der Waals surface area contributed by atoms with Gasteiger partial charge in [-0.2, -0.15) is 0 Å². The van der Waals surface area contributed by atoms with Gasteiger partial charge in [0.05, 0.1) is 24.7 Å². The van der Waals surface area contributed by atoms with E-state index < -0.39 is 5.66 Å². The summed E-state index contributed by atoms with van der Waals surface area (Å²) in [4.78, 5) is 18.6. The second-order valence-corrected chi connectivity index (χ2v) is 6.17. The van der Waals surface area contributed by atoms with E-state index >= 15 is 0 Å². The van der Waals surface area contributed by atoms with Crippen LogP contribution in [0.3, 0.4) is 0 Å². The third-order valence-electron chi connectivity index (χ3n) is 4.76. The van der Waals surface area contributed by atoms with Crippen molar-refractivity contribution in [3.05, 3.63) is 35.9 Å². The fourth-order valence-electron chi connectivity index (χ4n) is 3.77. The molecule has 3 aliphatic rings. The minimum atomic E-state index is -0.438. The Kier molecular flexibility index (Phi) is 3.26. The van der Waals surface area contributed by atoms with Gasteiger partial charge in [0.15, 0.2) is 5.96 Å². The molecule has 0 amide bonds. The predicted octanol–water partition coefficient (Wildman–Crippen LogP) is -1.25. The van der Waals surface area contributed by atoms with Gasteiger partial charge >= 0.3 is 5.97 Å². The molecule has 8 heteroatoms. The maximum atomic E-state index is 12.3. The second-order valence-electron chi connectivity index (χ2n) is 6.17. The van der Waals surface area contributed by atoms with Crippen LogP contribution < -0.4 is 22.1 Å². The second kappa shape index (κ2) is 5.19. The zero-order valence-electron chi connectivity index (χ0n) is 12.6. The summed E-state index contributed by atoms with van der Waals surface area (Å²) in [6.07, 6.45) is 0.0245. The molecule has 1 aromatic rings. The van der Waals surface area contributed by atoms with Crippen molar-refractivity contribution in [3.63, 3.8) is 0 Å². The summed E-state index contributed by atoms with van der Waals surface area (Å²) in [6.45, 7) is 1.06. The molecule has 0 aliphatic carbocycles. The van der Waals surface area contributed by atoms with Crippen LogP contribution in [0.25, 0.3) is 0 Å². The number of carbonyl (C=O) groups is 1. The van der Waals surface area contributed by atoms with Crippen molar-refractivity contribution in [1.82, 2.24) is 15.5 Å². The fourth-order valence-corrected chi connectivity index (χ4v) is 3.77. The van der Waals surface area contributed by atoms with Crippen molar-refractivity contribution in [3.8, 4) is 0 Å². The van der Waals surface area contributed by atoms with Gasteiger partial charge in [0.1, 0.15) is 18.1 Å². The Balaban J connectivity index is 1.53. The summed E-state index contributed by atoms with van der Waals surface area (Å²) in [6, 6.07) is 9.03. The Morgan fingerprint density at radius 1 is 1.39 bits per heavy atom. The predicted molar refractivity (Wildman–Crippen MR) is 84.2 cm³/mol. The SMILES string of the molecule is NC1=NCC2NC(N)NC23C[C@@H](OC(=O)c2ccccc2)CN13. The number of nitrogens with two attached hydrogens (primary N) is 2.